The standard InChI is InChI=1S/C29H29F2N2O3.BrH/c30-23-11-12-24(31)25(17-23)32-28(22-9-5-2-6-10-22)29(35)36-27-19-33(15-13-21(27)14-16-33)18-26(34)20-7-3-1-4-8-20;/h1-12,17,21,27-28,32H,13-16,18-19H2;1H/q+1;/p-1/t21?,27-,28?,33?;/m0./s1. The zero-order chi connectivity index (χ0) is 25.1. The molecule has 1 unspecified atom stereocenters. The SMILES string of the molecule is O=C(C[N+]12CCC(CC1)[C@@H](OC(=O)C(Nc1cc(F)ccc1F)c1ccccc1)C2)c1ccccc1.[Br-]. The Balaban J connectivity index is 0.00000320. The van der Waals surface area contributed by atoms with Crippen LogP contribution in [0.2, 0.25) is 0 Å². The Labute approximate surface area is 225 Å². The van der Waals surface area contributed by atoms with Gasteiger partial charge in [-0.1, -0.05) is 60.7 Å². The van der Waals surface area contributed by atoms with Gasteiger partial charge in [-0.2, -0.15) is 0 Å². The number of benzene rings is 3. The molecule has 3 saturated heterocycles. The van der Waals surface area contributed by atoms with Crippen LogP contribution < -0.4 is 22.3 Å². The molecule has 0 aliphatic carbocycles. The van der Waals surface area contributed by atoms with Gasteiger partial charge in [-0.05, 0) is 23.8 Å². The summed E-state index contributed by atoms with van der Waals surface area (Å²) < 4.78 is 34.8. The highest BCUT2D eigenvalue weighted by molar-refractivity contribution is 5.97. The molecule has 0 aromatic heterocycles. The molecule has 5 nitrogen and oxygen atoms in total. The summed E-state index contributed by atoms with van der Waals surface area (Å²) in [5.41, 5.74) is 1.18. The monoisotopic (exact) mass is 570 g/mol. The molecular weight excluding hydrogens is 542 g/mol. The van der Waals surface area contributed by atoms with Gasteiger partial charge in [0.1, 0.15) is 24.7 Å². The maximum atomic E-state index is 14.4. The van der Waals surface area contributed by atoms with E-state index in [0.29, 0.717) is 28.7 Å². The van der Waals surface area contributed by atoms with E-state index in [1.165, 1.54) is 0 Å². The Bertz CT molecular complexity index is 1230. The Morgan fingerprint density at radius 2 is 1.59 bits per heavy atom. The summed E-state index contributed by atoms with van der Waals surface area (Å²) in [6.07, 6.45) is 1.41. The number of rotatable bonds is 8. The zero-order valence-electron chi connectivity index (χ0n) is 20.3. The molecule has 2 atom stereocenters. The van der Waals surface area contributed by atoms with Gasteiger partial charge in [0, 0.05) is 24.3 Å². The Hall–Kier alpha value is -3.10. The second-order valence-electron chi connectivity index (χ2n) is 9.84. The quantitative estimate of drug-likeness (QED) is 0.256. The van der Waals surface area contributed by atoms with Crippen LogP contribution in [0.25, 0.3) is 0 Å². The number of hydrogen-bond donors (Lipinski definition) is 1. The van der Waals surface area contributed by atoms with Crippen molar-refractivity contribution in [1.29, 1.82) is 0 Å². The van der Waals surface area contributed by atoms with Crippen molar-refractivity contribution in [2.45, 2.75) is 25.0 Å². The van der Waals surface area contributed by atoms with Crippen LogP contribution in [0.1, 0.15) is 34.8 Å². The van der Waals surface area contributed by atoms with Crippen LogP contribution in [0.3, 0.4) is 0 Å². The maximum Gasteiger partial charge on any atom is 0.333 e. The average molecular weight is 571 g/mol. The molecule has 37 heavy (non-hydrogen) atoms. The Morgan fingerprint density at radius 1 is 0.946 bits per heavy atom. The fourth-order valence-corrected chi connectivity index (χ4v) is 5.50. The first-order valence-corrected chi connectivity index (χ1v) is 12.3. The fraction of sp³-hybridized carbons (Fsp3) is 0.310. The smallest absolute Gasteiger partial charge is 0.333 e. The number of nitrogens with one attached hydrogen (secondary N) is 1. The van der Waals surface area contributed by atoms with E-state index in [0.717, 1.165) is 44.1 Å². The van der Waals surface area contributed by atoms with Crippen LogP contribution in [0, 0.1) is 17.6 Å². The minimum atomic E-state index is -1.00. The molecule has 8 heteroatoms. The van der Waals surface area contributed by atoms with Crippen molar-refractivity contribution < 1.29 is 44.6 Å². The van der Waals surface area contributed by atoms with Gasteiger partial charge in [0.05, 0.1) is 18.8 Å². The molecule has 1 N–H and O–H groups in total. The second kappa shape index (κ2) is 11.5. The number of carbonyl (C=O) groups excluding carboxylic acids is 2. The van der Waals surface area contributed by atoms with Crippen LogP contribution in [0.4, 0.5) is 14.5 Å². The number of anilines is 1. The average Bonchev–Trinajstić information content (AvgIpc) is 2.90. The third-order valence-electron chi connectivity index (χ3n) is 7.48. The van der Waals surface area contributed by atoms with Gasteiger partial charge in [0.25, 0.3) is 0 Å². The van der Waals surface area contributed by atoms with Gasteiger partial charge in [-0.3, -0.25) is 4.79 Å². The number of esters is 1. The van der Waals surface area contributed by atoms with E-state index in [-0.39, 0.29) is 40.5 Å². The fourth-order valence-electron chi connectivity index (χ4n) is 5.50. The van der Waals surface area contributed by atoms with Crippen LogP contribution in [0.15, 0.2) is 78.9 Å². The highest BCUT2D eigenvalue weighted by Crippen LogP contribution is 2.37. The van der Waals surface area contributed by atoms with Crippen molar-refractivity contribution in [3.05, 3.63) is 102 Å². The topological polar surface area (TPSA) is 55.4 Å². The normalized spacial score (nSPS) is 23.0. The number of carbonyl (C=O) groups is 2. The van der Waals surface area contributed by atoms with E-state index in [1.807, 2.05) is 36.4 Å². The minimum absolute atomic E-state index is 0. The molecular formula is C29H29BrF2N2O3. The van der Waals surface area contributed by atoms with Crippen LogP contribution >= 0.6 is 0 Å². The van der Waals surface area contributed by atoms with Gasteiger partial charge in [-0.25, -0.2) is 13.6 Å². The van der Waals surface area contributed by atoms with Gasteiger partial charge in [0.15, 0.2) is 12.1 Å². The lowest BCUT2D eigenvalue weighted by atomic mass is 9.82. The highest BCUT2D eigenvalue weighted by atomic mass is 79.9. The number of quaternary nitrogens is 1. The number of halogens is 3. The van der Waals surface area contributed by atoms with Crippen molar-refractivity contribution in [2.75, 3.05) is 31.5 Å². The van der Waals surface area contributed by atoms with Crippen molar-refractivity contribution in [3.8, 4) is 0 Å². The van der Waals surface area contributed by atoms with Gasteiger partial charge >= 0.3 is 5.97 Å². The third kappa shape index (κ3) is 6.08. The van der Waals surface area contributed by atoms with E-state index in [4.69, 9.17) is 4.74 Å². The molecule has 0 spiro atoms. The van der Waals surface area contributed by atoms with Crippen molar-refractivity contribution in [2.24, 2.45) is 5.92 Å². The van der Waals surface area contributed by atoms with Crippen molar-refractivity contribution in [1.82, 2.24) is 0 Å². The van der Waals surface area contributed by atoms with Crippen LogP contribution in [-0.4, -0.2) is 48.5 Å². The number of hydrogen-bond acceptors (Lipinski definition) is 4. The first-order valence-electron chi connectivity index (χ1n) is 12.3. The van der Waals surface area contributed by atoms with Crippen molar-refractivity contribution in [3.63, 3.8) is 0 Å². The molecule has 0 radical (unpaired) electrons. The molecule has 3 aliphatic rings. The van der Waals surface area contributed by atoms with Gasteiger partial charge < -0.3 is 31.5 Å². The largest absolute Gasteiger partial charge is 1.00 e. The zero-order valence-corrected chi connectivity index (χ0v) is 21.9. The van der Waals surface area contributed by atoms with Gasteiger partial charge in [-0.15, -0.1) is 0 Å². The van der Waals surface area contributed by atoms with Crippen molar-refractivity contribution >= 4 is 17.4 Å². The van der Waals surface area contributed by atoms with E-state index in [9.17, 15) is 18.4 Å². The molecule has 3 aromatic rings. The second-order valence-corrected chi connectivity index (χ2v) is 9.84. The molecule has 3 heterocycles. The van der Waals surface area contributed by atoms with Crippen LogP contribution in [0.5, 0.6) is 0 Å². The number of Topliss-reactive ketones (excluding diaryl/α,β-unsaturated/α-hetero) is 1. The molecule has 6 rings (SSSR count). The van der Waals surface area contributed by atoms with Gasteiger partial charge in [0.2, 0.25) is 5.78 Å². The first-order chi connectivity index (χ1) is 17.4. The number of fused-ring (bicyclic) bond motifs is 3. The predicted molar refractivity (Wildman–Crippen MR) is 132 cm³/mol. The molecule has 0 saturated carbocycles. The summed E-state index contributed by atoms with van der Waals surface area (Å²) in [4.78, 5) is 26.4. The van der Waals surface area contributed by atoms with Crippen LogP contribution in [-0.2, 0) is 9.53 Å². The first kappa shape index (κ1) is 26.9. The summed E-state index contributed by atoms with van der Waals surface area (Å²) in [6.45, 7) is 2.71. The summed E-state index contributed by atoms with van der Waals surface area (Å²) in [5, 5.41) is 2.85. The number of nitrogens with zero attached hydrogens (tertiary/aromatic N) is 1. The number of ether oxygens (including phenoxy) is 1. The summed E-state index contributed by atoms with van der Waals surface area (Å²) >= 11 is 0. The Morgan fingerprint density at radius 3 is 2.27 bits per heavy atom. The molecule has 194 valence electrons. The van der Waals surface area contributed by atoms with E-state index >= 15 is 0 Å². The number of piperidine rings is 3. The molecule has 2 bridgehead atoms. The molecule has 3 fully saturated rings. The Kier molecular flexibility index (Phi) is 8.39. The maximum absolute atomic E-state index is 14.4. The van der Waals surface area contributed by atoms with E-state index in [1.54, 1.807) is 24.3 Å². The number of ketones is 1. The van der Waals surface area contributed by atoms with E-state index < -0.39 is 23.6 Å². The highest BCUT2D eigenvalue weighted by Gasteiger charge is 2.49. The lowest BCUT2D eigenvalue weighted by molar-refractivity contribution is -0.938. The van der Waals surface area contributed by atoms with E-state index in [2.05, 4.69) is 5.32 Å². The lowest BCUT2D eigenvalue weighted by Crippen LogP contribution is -3.00. The molecule has 3 aliphatic heterocycles. The predicted octanol–water partition coefficient (Wildman–Crippen LogP) is 2.16. The minimum Gasteiger partial charge on any atom is -1.00 e. The summed E-state index contributed by atoms with van der Waals surface area (Å²) in [6, 6.07) is 20.2. The summed E-state index contributed by atoms with van der Waals surface area (Å²) in [7, 11) is 0. The molecule has 3 aromatic carbocycles. The third-order valence-corrected chi connectivity index (χ3v) is 7.48. The lowest BCUT2D eigenvalue weighted by Gasteiger charge is -2.51. The summed E-state index contributed by atoms with van der Waals surface area (Å²) in [5.74, 6) is -1.49. The molecule has 0 amide bonds.